The lowest BCUT2D eigenvalue weighted by atomic mass is 9.97. The number of ether oxygens (including phenoxy) is 1. The van der Waals surface area contributed by atoms with Crippen LogP contribution in [0.25, 0.3) is 0 Å². The lowest BCUT2D eigenvalue weighted by molar-refractivity contribution is -0.385. The first kappa shape index (κ1) is 24.2. The smallest absolute Gasteiger partial charge is 0.287 e. The van der Waals surface area contributed by atoms with Crippen LogP contribution < -0.4 is 9.64 Å². The molecule has 164 valence electrons. The van der Waals surface area contributed by atoms with Crippen LogP contribution in [-0.2, 0) is 13.0 Å². The van der Waals surface area contributed by atoms with Gasteiger partial charge in [-0.2, -0.15) is 0 Å². The molecule has 1 fully saturated rings. The number of pyridine rings is 1. The van der Waals surface area contributed by atoms with Gasteiger partial charge in [0.05, 0.1) is 11.5 Å². The van der Waals surface area contributed by atoms with Crippen LogP contribution in [0.2, 0.25) is 0 Å². The molecule has 0 spiro atoms. The summed E-state index contributed by atoms with van der Waals surface area (Å²) in [4.78, 5) is 19.1. The number of hydrogen-bond acceptors (Lipinski definition) is 6. The quantitative estimate of drug-likeness (QED) is 0.499. The highest BCUT2D eigenvalue weighted by molar-refractivity contribution is 5.85. The maximum Gasteiger partial charge on any atom is 0.287 e. The Hall–Kier alpha value is -2.09. The summed E-state index contributed by atoms with van der Waals surface area (Å²) in [5.41, 5.74) is 2.85. The molecule has 0 atom stereocenters. The van der Waals surface area contributed by atoms with Crippen molar-refractivity contribution in [3.8, 4) is 5.75 Å². The van der Waals surface area contributed by atoms with E-state index in [0.717, 1.165) is 63.6 Å². The molecule has 1 saturated heterocycles. The fourth-order valence-electron chi connectivity index (χ4n) is 3.98. The Kier molecular flexibility index (Phi) is 8.70. The van der Waals surface area contributed by atoms with Crippen molar-refractivity contribution in [1.82, 2.24) is 9.88 Å². The summed E-state index contributed by atoms with van der Waals surface area (Å²) in [6.45, 7) is 4.64. The number of hydrogen-bond donors (Lipinski definition) is 0. The Morgan fingerprint density at radius 1 is 1.13 bits per heavy atom. The molecule has 0 amide bonds. The van der Waals surface area contributed by atoms with Crippen molar-refractivity contribution in [3.63, 3.8) is 0 Å². The monoisotopic (exact) mass is 454 g/mol. The first-order valence-corrected chi connectivity index (χ1v) is 9.87. The minimum atomic E-state index is -0.418. The molecule has 4 rings (SSSR count). The molecule has 2 aliphatic heterocycles. The van der Waals surface area contributed by atoms with Gasteiger partial charge in [-0.25, -0.2) is 4.98 Å². The molecular formula is C21H28Cl2N4O3. The van der Waals surface area contributed by atoms with Gasteiger partial charge in [0.25, 0.3) is 5.69 Å². The van der Waals surface area contributed by atoms with Crippen LogP contribution in [0, 0.1) is 16.0 Å². The van der Waals surface area contributed by atoms with Gasteiger partial charge < -0.3 is 14.5 Å². The van der Waals surface area contributed by atoms with Crippen LogP contribution in [0.3, 0.4) is 0 Å². The number of benzene rings is 1. The number of nitro groups is 1. The Labute approximate surface area is 189 Å². The number of likely N-dealkylation sites (N-methyl/N-ethyl adjacent to an activating group) is 1. The second kappa shape index (κ2) is 10.8. The number of fused-ring (bicyclic) bond motifs is 1. The maximum atomic E-state index is 10.8. The van der Waals surface area contributed by atoms with Crippen LogP contribution >= 0.6 is 24.8 Å². The summed E-state index contributed by atoms with van der Waals surface area (Å²) in [5.74, 6) is 2.30. The topological polar surface area (TPSA) is 71.7 Å². The number of rotatable bonds is 5. The van der Waals surface area contributed by atoms with E-state index in [9.17, 15) is 10.1 Å². The third kappa shape index (κ3) is 5.74. The van der Waals surface area contributed by atoms with Crippen LogP contribution in [0.15, 0.2) is 36.5 Å². The summed E-state index contributed by atoms with van der Waals surface area (Å²) in [6.07, 6.45) is 4.51. The number of halogens is 2. The largest absolute Gasteiger partial charge is 0.493 e. The van der Waals surface area contributed by atoms with Gasteiger partial charge in [-0.3, -0.25) is 10.1 Å². The van der Waals surface area contributed by atoms with E-state index in [0.29, 0.717) is 5.92 Å². The molecule has 0 unspecified atom stereocenters. The number of anilines is 1. The normalized spacial score (nSPS) is 16.8. The fraction of sp³-hybridized carbons (Fsp3) is 0.476. The Balaban J connectivity index is 0.00000160. The van der Waals surface area contributed by atoms with Crippen LogP contribution in [0.5, 0.6) is 5.75 Å². The highest BCUT2D eigenvalue weighted by Crippen LogP contribution is 2.26. The van der Waals surface area contributed by atoms with Gasteiger partial charge in [-0.1, -0.05) is 6.07 Å². The summed E-state index contributed by atoms with van der Waals surface area (Å²) in [5, 5.41) is 10.8. The molecule has 7 nitrogen and oxygen atoms in total. The maximum absolute atomic E-state index is 10.8. The average molecular weight is 455 g/mol. The second-order valence-corrected chi connectivity index (χ2v) is 7.79. The Morgan fingerprint density at radius 2 is 1.90 bits per heavy atom. The van der Waals surface area contributed by atoms with E-state index in [4.69, 9.17) is 4.74 Å². The highest BCUT2D eigenvalue weighted by atomic mass is 35.5. The minimum absolute atomic E-state index is 0. The molecular weight excluding hydrogens is 427 g/mol. The van der Waals surface area contributed by atoms with E-state index >= 15 is 0 Å². The van der Waals surface area contributed by atoms with E-state index in [1.54, 1.807) is 6.07 Å². The minimum Gasteiger partial charge on any atom is -0.493 e. The second-order valence-electron chi connectivity index (χ2n) is 7.79. The van der Waals surface area contributed by atoms with Crippen molar-refractivity contribution >= 4 is 36.3 Å². The van der Waals surface area contributed by atoms with E-state index in [2.05, 4.69) is 40.0 Å². The van der Waals surface area contributed by atoms with Crippen molar-refractivity contribution in [1.29, 1.82) is 0 Å². The van der Waals surface area contributed by atoms with Gasteiger partial charge in [0.2, 0.25) is 0 Å². The molecule has 9 heteroatoms. The first-order valence-electron chi connectivity index (χ1n) is 9.87. The third-order valence-electron chi connectivity index (χ3n) is 5.75. The van der Waals surface area contributed by atoms with E-state index in [1.807, 2.05) is 0 Å². The zero-order valence-corrected chi connectivity index (χ0v) is 18.7. The van der Waals surface area contributed by atoms with Gasteiger partial charge in [-0.15, -0.1) is 24.8 Å². The van der Waals surface area contributed by atoms with E-state index in [1.165, 1.54) is 23.4 Å². The number of nitrogens with zero attached hydrogens (tertiary/aromatic N) is 4. The molecule has 0 radical (unpaired) electrons. The molecule has 0 saturated carbocycles. The zero-order valence-electron chi connectivity index (χ0n) is 17.0. The van der Waals surface area contributed by atoms with Crippen molar-refractivity contribution < 1.29 is 9.66 Å². The highest BCUT2D eigenvalue weighted by Gasteiger charge is 2.21. The molecule has 1 aromatic carbocycles. The summed E-state index contributed by atoms with van der Waals surface area (Å²) >= 11 is 0. The SMILES string of the molecule is CN1CCc2ccc(OCC3CCN(c4ccc([N+](=O)[O-])cn4)CC3)cc2C1.Cl.Cl. The van der Waals surface area contributed by atoms with Crippen LogP contribution in [-0.4, -0.2) is 48.1 Å². The summed E-state index contributed by atoms with van der Waals surface area (Å²) in [7, 11) is 2.16. The number of aromatic nitrogens is 1. The van der Waals surface area contributed by atoms with Gasteiger partial charge in [0.1, 0.15) is 17.8 Å². The fourth-order valence-corrected chi connectivity index (χ4v) is 3.98. The third-order valence-corrected chi connectivity index (χ3v) is 5.75. The molecule has 30 heavy (non-hydrogen) atoms. The molecule has 2 aromatic rings. The van der Waals surface area contributed by atoms with Gasteiger partial charge >= 0.3 is 0 Å². The average Bonchev–Trinajstić information content (AvgIpc) is 2.72. The van der Waals surface area contributed by atoms with Crippen molar-refractivity contribution in [3.05, 3.63) is 57.8 Å². The van der Waals surface area contributed by atoms with Gasteiger partial charge in [-0.05, 0) is 61.6 Å². The zero-order chi connectivity index (χ0) is 19.5. The predicted octanol–water partition coefficient (Wildman–Crippen LogP) is 4.12. The van der Waals surface area contributed by atoms with E-state index in [-0.39, 0.29) is 30.5 Å². The molecule has 0 bridgehead atoms. The Morgan fingerprint density at radius 3 is 2.57 bits per heavy atom. The molecule has 1 aromatic heterocycles. The standard InChI is InChI=1S/C21H26N4O3.2ClH/c1-23-9-8-17-2-4-20(12-18(17)14-23)28-15-16-6-10-24(11-7-16)21-5-3-19(13-22-21)25(26)27;;/h2-5,12-13,16H,6-11,14-15H2,1H3;2*1H. The Bertz CT molecular complexity index is 843. The van der Waals surface area contributed by atoms with Crippen molar-refractivity contribution in [2.24, 2.45) is 5.92 Å². The molecule has 3 heterocycles. The summed E-state index contributed by atoms with van der Waals surface area (Å²) < 4.78 is 6.10. The van der Waals surface area contributed by atoms with Gasteiger partial charge in [0.15, 0.2) is 0 Å². The van der Waals surface area contributed by atoms with Gasteiger partial charge in [0, 0.05) is 32.2 Å². The van der Waals surface area contributed by atoms with Crippen LogP contribution in [0.1, 0.15) is 24.0 Å². The van der Waals surface area contributed by atoms with Crippen molar-refractivity contribution in [2.75, 3.05) is 38.2 Å². The molecule has 2 aliphatic rings. The lowest BCUT2D eigenvalue weighted by Gasteiger charge is -2.32. The van der Waals surface area contributed by atoms with Crippen molar-refractivity contribution in [2.45, 2.75) is 25.8 Å². The predicted molar refractivity (Wildman–Crippen MR) is 122 cm³/mol. The van der Waals surface area contributed by atoms with E-state index < -0.39 is 4.92 Å². The van der Waals surface area contributed by atoms with Crippen LogP contribution in [0.4, 0.5) is 11.5 Å². The molecule has 0 N–H and O–H groups in total. The number of piperidine rings is 1. The molecule has 0 aliphatic carbocycles. The summed E-state index contributed by atoms with van der Waals surface area (Å²) in [6, 6.07) is 9.76. The first-order chi connectivity index (χ1) is 13.6. The lowest BCUT2D eigenvalue weighted by Crippen LogP contribution is -2.36.